The predicted molar refractivity (Wildman–Crippen MR) is 45.8 cm³/mol. The Morgan fingerprint density at radius 3 is 1.12 bits per heavy atom. The lowest BCUT2D eigenvalue weighted by Gasteiger charge is -2.07. The first-order chi connectivity index (χ1) is 3.35. The Kier molecular flexibility index (Phi) is 11.1. The molecule has 0 saturated carbocycles. The zero-order valence-electron chi connectivity index (χ0n) is 5.98. The third kappa shape index (κ3) is 4.87. The van der Waals surface area contributed by atoms with Gasteiger partial charge in [-0.15, -0.1) is 20.3 Å². The van der Waals surface area contributed by atoms with E-state index in [1.807, 2.05) is 0 Å². The van der Waals surface area contributed by atoms with Crippen molar-refractivity contribution in [1.82, 2.24) is 0 Å². The molecule has 0 aromatic carbocycles. The van der Waals surface area contributed by atoms with Gasteiger partial charge in [-0.1, -0.05) is 20.8 Å². The molecule has 0 amide bonds. The second kappa shape index (κ2) is 7.72. The lowest BCUT2D eigenvalue weighted by molar-refractivity contribution is 1.35. The summed E-state index contributed by atoms with van der Waals surface area (Å²) in [5, 5.41) is 0. The maximum atomic E-state index is 2.29. The summed E-state index contributed by atoms with van der Waals surface area (Å²) >= 11 is 0. The third-order valence-electron chi connectivity index (χ3n) is 1.34. The molecule has 0 atom stereocenters. The highest BCUT2D eigenvalue weighted by atomic mass is 35.5. The molecular weight excluding hydrogens is 138 g/mol. The molecule has 0 rings (SSSR count). The van der Waals surface area contributed by atoms with E-state index in [9.17, 15) is 0 Å². The zero-order chi connectivity index (χ0) is 5.70. The Morgan fingerprint density at radius 1 is 0.875 bits per heavy atom. The molecule has 0 radical (unpaired) electrons. The lowest BCUT2D eigenvalue weighted by atomic mass is 10.9. The molecule has 0 aromatic heterocycles. The lowest BCUT2D eigenvalue weighted by Crippen LogP contribution is -1.83. The molecule has 0 saturated heterocycles. The van der Waals surface area contributed by atoms with Gasteiger partial charge in [0.2, 0.25) is 0 Å². The largest absolute Gasteiger partial charge is 0.147 e. The van der Waals surface area contributed by atoms with Gasteiger partial charge in [0, 0.05) is 0 Å². The highest BCUT2D eigenvalue weighted by molar-refractivity contribution is 7.57. The summed E-state index contributed by atoms with van der Waals surface area (Å²) in [4.78, 5) is 0. The third-order valence-corrected chi connectivity index (χ3v) is 4.02. The van der Waals surface area contributed by atoms with Crippen LogP contribution in [0.2, 0.25) is 0 Å². The van der Waals surface area contributed by atoms with Crippen LogP contribution in [-0.4, -0.2) is 18.5 Å². The van der Waals surface area contributed by atoms with E-state index >= 15 is 0 Å². The minimum absolute atomic E-state index is 0. The van der Waals surface area contributed by atoms with Gasteiger partial charge in [-0.2, -0.15) is 0 Å². The van der Waals surface area contributed by atoms with Crippen molar-refractivity contribution in [3.8, 4) is 0 Å². The Labute approximate surface area is 60.2 Å². The van der Waals surface area contributed by atoms with Crippen LogP contribution in [0.5, 0.6) is 0 Å². The van der Waals surface area contributed by atoms with Gasteiger partial charge in [0.05, 0.1) is 0 Å². The van der Waals surface area contributed by atoms with Crippen LogP contribution in [0.15, 0.2) is 0 Å². The monoisotopic (exact) mass is 154 g/mol. The first-order valence-corrected chi connectivity index (χ1v) is 4.97. The van der Waals surface area contributed by atoms with Crippen molar-refractivity contribution >= 4 is 20.3 Å². The van der Waals surface area contributed by atoms with Gasteiger partial charge in [-0.25, -0.2) is 0 Å². The van der Waals surface area contributed by atoms with Crippen LogP contribution >= 0.6 is 20.3 Å². The van der Waals surface area contributed by atoms with Crippen LogP contribution in [0.3, 0.4) is 0 Å². The van der Waals surface area contributed by atoms with Gasteiger partial charge in [0.1, 0.15) is 0 Å². The standard InChI is InChI=1S/C6H15P.ClH/c1-4-7(5-2)6-3;/h4-6H2,1-3H3;1H. The molecule has 0 N–H and O–H groups in total. The normalized spacial score (nSPS) is 9.00. The second-order valence-corrected chi connectivity index (χ2v) is 4.86. The molecule has 0 aliphatic rings. The molecule has 52 valence electrons. The van der Waals surface area contributed by atoms with Gasteiger partial charge in [0.15, 0.2) is 0 Å². The molecule has 0 spiro atoms. The number of hydrogen-bond acceptors (Lipinski definition) is 0. The molecule has 0 aromatic rings. The molecule has 8 heavy (non-hydrogen) atoms. The van der Waals surface area contributed by atoms with Crippen LogP contribution in [0.4, 0.5) is 0 Å². The van der Waals surface area contributed by atoms with E-state index in [1.165, 1.54) is 18.5 Å². The minimum Gasteiger partial charge on any atom is -0.147 e. The fourth-order valence-electron chi connectivity index (χ4n) is 0.671. The molecular formula is C6H16ClP. The molecule has 0 unspecified atom stereocenters. The summed E-state index contributed by atoms with van der Waals surface area (Å²) in [6.45, 7) is 6.87. The fourth-order valence-corrected chi connectivity index (χ4v) is 2.01. The van der Waals surface area contributed by atoms with E-state index in [1.54, 1.807) is 0 Å². The summed E-state index contributed by atoms with van der Waals surface area (Å²) in [6.07, 6.45) is 4.26. The van der Waals surface area contributed by atoms with Crippen molar-refractivity contribution in [3.05, 3.63) is 0 Å². The molecule has 2 heteroatoms. The predicted octanol–water partition coefficient (Wildman–Crippen LogP) is 2.95. The van der Waals surface area contributed by atoms with Crippen molar-refractivity contribution in [3.63, 3.8) is 0 Å². The van der Waals surface area contributed by atoms with Crippen LogP contribution in [0.25, 0.3) is 0 Å². The van der Waals surface area contributed by atoms with Gasteiger partial charge in [-0.05, 0) is 18.5 Å². The van der Waals surface area contributed by atoms with Gasteiger partial charge >= 0.3 is 0 Å². The average molecular weight is 155 g/mol. The van der Waals surface area contributed by atoms with Gasteiger partial charge in [-0.3, -0.25) is 0 Å². The first-order valence-electron chi connectivity index (χ1n) is 3.07. The molecule has 0 bridgehead atoms. The summed E-state index contributed by atoms with van der Waals surface area (Å²) in [7, 11) is 0.446. The molecule has 0 aliphatic carbocycles. The Hall–Kier alpha value is 0.720. The maximum absolute atomic E-state index is 2.29. The number of rotatable bonds is 3. The first kappa shape index (κ1) is 11.5. The summed E-state index contributed by atoms with van der Waals surface area (Å²) in [5.74, 6) is 0. The summed E-state index contributed by atoms with van der Waals surface area (Å²) in [6, 6.07) is 0. The van der Waals surface area contributed by atoms with Crippen molar-refractivity contribution in [1.29, 1.82) is 0 Å². The Balaban J connectivity index is 0. The van der Waals surface area contributed by atoms with Crippen LogP contribution in [-0.2, 0) is 0 Å². The van der Waals surface area contributed by atoms with Gasteiger partial charge < -0.3 is 0 Å². The average Bonchev–Trinajstić information content (AvgIpc) is 1.72. The Morgan fingerprint density at radius 2 is 1.12 bits per heavy atom. The SMILES string of the molecule is CCP(CC)CC.Cl. The van der Waals surface area contributed by atoms with E-state index in [0.717, 1.165) is 0 Å². The van der Waals surface area contributed by atoms with Crippen LogP contribution in [0.1, 0.15) is 20.8 Å². The van der Waals surface area contributed by atoms with E-state index in [0.29, 0.717) is 7.92 Å². The molecule has 0 heterocycles. The van der Waals surface area contributed by atoms with Crippen molar-refractivity contribution in [2.24, 2.45) is 0 Å². The van der Waals surface area contributed by atoms with Crippen molar-refractivity contribution in [2.75, 3.05) is 18.5 Å². The van der Waals surface area contributed by atoms with Crippen molar-refractivity contribution in [2.45, 2.75) is 20.8 Å². The smallest absolute Gasteiger partial charge is 0.0355 e. The van der Waals surface area contributed by atoms with Crippen LogP contribution < -0.4 is 0 Å². The summed E-state index contributed by atoms with van der Waals surface area (Å²) in [5.41, 5.74) is 0. The quantitative estimate of drug-likeness (QED) is 0.549. The van der Waals surface area contributed by atoms with Crippen LogP contribution in [0, 0.1) is 0 Å². The highest BCUT2D eigenvalue weighted by Gasteiger charge is 1.94. The Bertz CT molecular complexity index is 30.0. The van der Waals surface area contributed by atoms with Gasteiger partial charge in [0.25, 0.3) is 0 Å². The summed E-state index contributed by atoms with van der Waals surface area (Å²) < 4.78 is 0. The maximum Gasteiger partial charge on any atom is -0.0355 e. The highest BCUT2D eigenvalue weighted by Crippen LogP contribution is 2.32. The fraction of sp³-hybridized carbons (Fsp3) is 1.00. The molecule has 0 fully saturated rings. The second-order valence-electron chi connectivity index (χ2n) is 1.62. The molecule has 0 nitrogen and oxygen atoms in total. The van der Waals surface area contributed by atoms with Crippen molar-refractivity contribution < 1.29 is 0 Å². The zero-order valence-corrected chi connectivity index (χ0v) is 7.69. The topological polar surface area (TPSA) is 0 Å². The van der Waals surface area contributed by atoms with E-state index in [2.05, 4.69) is 20.8 Å². The molecule has 0 aliphatic heterocycles. The van der Waals surface area contributed by atoms with E-state index in [-0.39, 0.29) is 12.4 Å². The van der Waals surface area contributed by atoms with E-state index in [4.69, 9.17) is 0 Å². The minimum atomic E-state index is 0. The number of halogens is 1. The number of hydrogen-bond donors (Lipinski definition) is 0. The van der Waals surface area contributed by atoms with E-state index < -0.39 is 0 Å².